The largest absolute Gasteiger partial charge is 0.317 e. The first-order valence-corrected chi connectivity index (χ1v) is 5.21. The maximum Gasteiger partial charge on any atom is 0.248 e. The summed E-state index contributed by atoms with van der Waals surface area (Å²) in [4.78, 5) is 0. The maximum atomic E-state index is 12.9. The Balaban J connectivity index is 0.000000980. The first-order valence-electron chi connectivity index (χ1n) is 5.21. The van der Waals surface area contributed by atoms with E-state index < -0.39 is 5.92 Å². The normalized spacial score (nSPS) is 29.6. The van der Waals surface area contributed by atoms with Gasteiger partial charge in [-0.2, -0.15) is 0 Å². The summed E-state index contributed by atoms with van der Waals surface area (Å²) in [6.07, 6.45) is 3.91. The van der Waals surface area contributed by atoms with E-state index in [-0.39, 0.29) is 30.7 Å². The zero-order chi connectivity index (χ0) is 9.36. The van der Waals surface area contributed by atoms with Crippen LogP contribution in [0.25, 0.3) is 0 Å². The fourth-order valence-corrected chi connectivity index (χ4v) is 2.60. The van der Waals surface area contributed by atoms with Crippen molar-refractivity contribution >= 4 is 12.4 Å². The van der Waals surface area contributed by atoms with Crippen LogP contribution in [-0.2, 0) is 0 Å². The SMILES string of the molecule is Cl.FC1(F)CCC2(CCNCC2)CC1. The van der Waals surface area contributed by atoms with E-state index in [1.807, 2.05) is 0 Å². The molecule has 0 aromatic carbocycles. The Kier molecular flexibility index (Phi) is 3.75. The topological polar surface area (TPSA) is 12.0 Å². The van der Waals surface area contributed by atoms with E-state index in [0.29, 0.717) is 0 Å². The van der Waals surface area contributed by atoms with Crippen molar-refractivity contribution in [2.75, 3.05) is 13.1 Å². The van der Waals surface area contributed by atoms with Gasteiger partial charge in [0.25, 0.3) is 0 Å². The third-order valence-corrected chi connectivity index (χ3v) is 3.71. The molecule has 1 aliphatic heterocycles. The molecule has 2 rings (SSSR count). The van der Waals surface area contributed by atoms with Gasteiger partial charge in [0.1, 0.15) is 0 Å². The molecule has 0 radical (unpaired) electrons. The number of nitrogens with one attached hydrogen (secondary N) is 1. The molecule has 0 amide bonds. The van der Waals surface area contributed by atoms with Crippen LogP contribution in [0.3, 0.4) is 0 Å². The van der Waals surface area contributed by atoms with Crippen LogP contribution in [0.4, 0.5) is 8.78 Å². The number of hydrogen-bond acceptors (Lipinski definition) is 1. The summed E-state index contributed by atoms with van der Waals surface area (Å²) < 4.78 is 25.9. The Morgan fingerprint density at radius 2 is 1.29 bits per heavy atom. The molecular weight excluding hydrogens is 208 g/mol. The molecule has 1 N–H and O–H groups in total. The van der Waals surface area contributed by atoms with Crippen molar-refractivity contribution in [3.8, 4) is 0 Å². The van der Waals surface area contributed by atoms with Crippen molar-refractivity contribution in [3.63, 3.8) is 0 Å². The van der Waals surface area contributed by atoms with Gasteiger partial charge in [-0.05, 0) is 44.2 Å². The minimum Gasteiger partial charge on any atom is -0.317 e. The van der Waals surface area contributed by atoms with Crippen LogP contribution in [-0.4, -0.2) is 19.0 Å². The van der Waals surface area contributed by atoms with E-state index in [0.717, 1.165) is 38.8 Å². The molecule has 2 aliphatic rings. The van der Waals surface area contributed by atoms with Crippen LogP contribution < -0.4 is 5.32 Å². The minimum absolute atomic E-state index is 0. The highest BCUT2D eigenvalue weighted by Gasteiger charge is 2.43. The zero-order valence-electron chi connectivity index (χ0n) is 8.32. The second kappa shape index (κ2) is 4.31. The van der Waals surface area contributed by atoms with Crippen LogP contribution >= 0.6 is 12.4 Å². The summed E-state index contributed by atoms with van der Waals surface area (Å²) in [5.74, 6) is -2.36. The van der Waals surface area contributed by atoms with Gasteiger partial charge >= 0.3 is 0 Å². The van der Waals surface area contributed by atoms with E-state index in [1.165, 1.54) is 0 Å². The van der Waals surface area contributed by atoms with E-state index in [9.17, 15) is 8.78 Å². The summed E-state index contributed by atoms with van der Waals surface area (Å²) in [7, 11) is 0. The van der Waals surface area contributed by atoms with Crippen molar-refractivity contribution in [2.24, 2.45) is 5.41 Å². The minimum atomic E-state index is -2.36. The zero-order valence-corrected chi connectivity index (χ0v) is 9.14. The average molecular weight is 226 g/mol. The van der Waals surface area contributed by atoms with Crippen LogP contribution in [0.15, 0.2) is 0 Å². The number of hydrogen-bond donors (Lipinski definition) is 1. The molecule has 0 bridgehead atoms. The van der Waals surface area contributed by atoms with Gasteiger partial charge in [-0.3, -0.25) is 0 Å². The lowest BCUT2D eigenvalue weighted by Crippen LogP contribution is -2.41. The lowest BCUT2D eigenvalue weighted by Gasteiger charge is -2.43. The molecule has 4 heteroatoms. The second-order valence-corrected chi connectivity index (χ2v) is 4.61. The highest BCUT2D eigenvalue weighted by molar-refractivity contribution is 5.85. The third-order valence-electron chi connectivity index (χ3n) is 3.71. The average Bonchev–Trinajstić information content (AvgIpc) is 2.13. The Hall–Kier alpha value is 0.110. The van der Waals surface area contributed by atoms with Gasteiger partial charge < -0.3 is 5.32 Å². The van der Waals surface area contributed by atoms with Crippen LogP contribution in [0.1, 0.15) is 38.5 Å². The predicted molar refractivity (Wildman–Crippen MR) is 55.2 cm³/mol. The molecular formula is C10H18ClF2N. The highest BCUT2D eigenvalue weighted by Crippen LogP contribution is 2.48. The Morgan fingerprint density at radius 3 is 1.79 bits per heavy atom. The molecule has 1 saturated heterocycles. The lowest BCUT2D eigenvalue weighted by atomic mass is 9.67. The van der Waals surface area contributed by atoms with Crippen LogP contribution in [0, 0.1) is 5.41 Å². The standard InChI is InChI=1S/C10H17F2N.ClH/c11-10(12)3-1-9(2-4-10)5-7-13-8-6-9;/h13H,1-8H2;1H. The second-order valence-electron chi connectivity index (χ2n) is 4.61. The number of alkyl halides is 2. The summed E-state index contributed by atoms with van der Waals surface area (Å²) in [6, 6.07) is 0. The van der Waals surface area contributed by atoms with Crippen molar-refractivity contribution in [1.82, 2.24) is 5.32 Å². The molecule has 0 aromatic rings. The molecule has 2 fully saturated rings. The van der Waals surface area contributed by atoms with Crippen molar-refractivity contribution in [2.45, 2.75) is 44.4 Å². The van der Waals surface area contributed by atoms with E-state index >= 15 is 0 Å². The summed E-state index contributed by atoms with van der Waals surface area (Å²) in [5.41, 5.74) is 0.271. The molecule has 0 unspecified atom stereocenters. The van der Waals surface area contributed by atoms with Crippen molar-refractivity contribution in [1.29, 1.82) is 0 Å². The number of rotatable bonds is 0. The van der Waals surface area contributed by atoms with E-state index in [2.05, 4.69) is 5.32 Å². The quantitative estimate of drug-likeness (QED) is 0.669. The lowest BCUT2D eigenvalue weighted by molar-refractivity contribution is -0.0732. The third kappa shape index (κ3) is 2.57. The molecule has 0 atom stereocenters. The molecule has 1 saturated carbocycles. The number of piperidine rings is 1. The fourth-order valence-electron chi connectivity index (χ4n) is 2.60. The van der Waals surface area contributed by atoms with Gasteiger partial charge in [0.2, 0.25) is 5.92 Å². The molecule has 0 aromatic heterocycles. The molecule has 1 aliphatic carbocycles. The molecule has 1 nitrogen and oxygen atoms in total. The van der Waals surface area contributed by atoms with Gasteiger partial charge in [0.15, 0.2) is 0 Å². The van der Waals surface area contributed by atoms with Gasteiger partial charge in [0.05, 0.1) is 0 Å². The van der Waals surface area contributed by atoms with Gasteiger partial charge in [-0.15, -0.1) is 12.4 Å². The summed E-state index contributed by atoms with van der Waals surface area (Å²) >= 11 is 0. The fraction of sp³-hybridized carbons (Fsp3) is 1.00. The van der Waals surface area contributed by atoms with Crippen molar-refractivity contribution < 1.29 is 8.78 Å². The smallest absolute Gasteiger partial charge is 0.248 e. The molecule has 84 valence electrons. The van der Waals surface area contributed by atoms with Gasteiger partial charge in [-0.1, -0.05) is 0 Å². The summed E-state index contributed by atoms with van der Waals surface area (Å²) in [6.45, 7) is 2.04. The van der Waals surface area contributed by atoms with E-state index in [4.69, 9.17) is 0 Å². The van der Waals surface area contributed by atoms with Crippen LogP contribution in [0.5, 0.6) is 0 Å². The Labute approximate surface area is 90.0 Å². The molecule has 1 spiro atoms. The predicted octanol–water partition coefficient (Wildman–Crippen LogP) is 2.99. The Morgan fingerprint density at radius 1 is 0.786 bits per heavy atom. The first kappa shape index (κ1) is 12.2. The Bertz CT molecular complexity index is 179. The molecule has 14 heavy (non-hydrogen) atoms. The van der Waals surface area contributed by atoms with E-state index in [1.54, 1.807) is 0 Å². The molecule has 1 heterocycles. The first-order chi connectivity index (χ1) is 6.12. The monoisotopic (exact) mass is 225 g/mol. The number of halogens is 3. The van der Waals surface area contributed by atoms with Crippen molar-refractivity contribution in [3.05, 3.63) is 0 Å². The highest BCUT2D eigenvalue weighted by atomic mass is 35.5. The summed E-state index contributed by atoms with van der Waals surface area (Å²) in [5, 5.41) is 3.29. The van der Waals surface area contributed by atoms with Crippen LogP contribution in [0.2, 0.25) is 0 Å². The van der Waals surface area contributed by atoms with Gasteiger partial charge in [-0.25, -0.2) is 8.78 Å². The maximum absolute atomic E-state index is 12.9. The van der Waals surface area contributed by atoms with Gasteiger partial charge in [0, 0.05) is 12.8 Å².